The second kappa shape index (κ2) is 11.6. The van der Waals surface area contributed by atoms with E-state index in [1.807, 2.05) is 11.0 Å². The molecule has 1 fully saturated rings. The fourth-order valence-corrected chi connectivity index (χ4v) is 7.21. The number of para-hydroxylation sites is 1. The molecule has 0 radical (unpaired) electrons. The molecule has 8 nitrogen and oxygen atoms in total. The van der Waals surface area contributed by atoms with E-state index in [1.165, 1.54) is 20.8 Å². The molecule has 5 rings (SSSR count). The van der Waals surface area contributed by atoms with Gasteiger partial charge in [-0.1, -0.05) is 42.0 Å². The fraction of sp³-hybridized carbons (Fsp3) is 0.310. The number of carbonyl (C=O) groups is 1. The van der Waals surface area contributed by atoms with Crippen molar-refractivity contribution in [2.24, 2.45) is 4.99 Å². The lowest BCUT2D eigenvalue weighted by molar-refractivity contribution is 0.0628. The number of aliphatic imine (C=N–C) groups is 1. The van der Waals surface area contributed by atoms with Gasteiger partial charge in [0.25, 0.3) is 15.9 Å². The number of methoxy groups -OCH3 is 1. The molecular weight excluding hydrogens is 627 g/mol. The largest absolute Gasteiger partial charge is 0.494 e. The predicted molar refractivity (Wildman–Crippen MR) is 162 cm³/mol. The summed E-state index contributed by atoms with van der Waals surface area (Å²) in [5.74, 6) is 0.217. The van der Waals surface area contributed by atoms with E-state index in [-0.39, 0.29) is 10.8 Å². The van der Waals surface area contributed by atoms with Crippen molar-refractivity contribution in [2.75, 3.05) is 35.8 Å². The monoisotopic (exact) mass is 658 g/mol. The van der Waals surface area contributed by atoms with Crippen molar-refractivity contribution in [3.05, 3.63) is 82.9 Å². The lowest BCUT2D eigenvalue weighted by Crippen LogP contribution is -2.48. The number of aryl methyl sites for hydroxylation is 2. The summed E-state index contributed by atoms with van der Waals surface area (Å²) < 4.78 is 34.0. The molecule has 3 aromatic carbocycles. The number of sulfonamides is 1. The van der Waals surface area contributed by atoms with Gasteiger partial charge in [0.15, 0.2) is 0 Å². The molecule has 0 aromatic heterocycles. The van der Waals surface area contributed by atoms with E-state index >= 15 is 0 Å². The van der Waals surface area contributed by atoms with Crippen LogP contribution in [0.1, 0.15) is 33.5 Å². The van der Waals surface area contributed by atoms with Crippen LogP contribution < -0.4 is 7.26 Å². The highest BCUT2D eigenvalue weighted by Crippen LogP contribution is 2.40. The summed E-state index contributed by atoms with van der Waals surface area (Å²) in [5.41, 5.74) is 4.71. The molecule has 0 N–H and O–H groups in total. The van der Waals surface area contributed by atoms with Crippen molar-refractivity contribution in [1.82, 2.24) is 9.80 Å². The van der Waals surface area contributed by atoms with Crippen LogP contribution in [0.5, 0.6) is 5.75 Å². The maximum Gasteiger partial charge on any atom is 0.275 e. The Bertz CT molecular complexity index is 1500. The molecule has 39 heavy (non-hydrogen) atoms. The maximum atomic E-state index is 13.6. The highest BCUT2D eigenvalue weighted by atomic mass is 127. The average Bonchev–Trinajstić information content (AvgIpc) is 2.97. The van der Waals surface area contributed by atoms with E-state index < -0.39 is 10.0 Å². The molecule has 0 unspecified atom stereocenters. The number of anilines is 1. The molecule has 204 valence electrons. The lowest BCUT2D eigenvalue weighted by Gasteiger charge is -2.35. The quantitative estimate of drug-likeness (QED) is 0.259. The number of hydrogen-bond acceptors (Lipinski definition) is 6. The number of nitrogens with zero attached hydrogens (tertiary/aromatic N) is 4. The van der Waals surface area contributed by atoms with Gasteiger partial charge in [-0.3, -0.25) is 14.7 Å². The summed E-state index contributed by atoms with van der Waals surface area (Å²) in [5, 5.41) is 0. The molecule has 2 aliphatic rings. The number of amides is 1. The first kappa shape index (κ1) is 27.6. The number of benzene rings is 3. The van der Waals surface area contributed by atoms with E-state index in [9.17, 15) is 13.2 Å². The van der Waals surface area contributed by atoms with E-state index in [4.69, 9.17) is 4.74 Å². The van der Waals surface area contributed by atoms with Crippen molar-refractivity contribution < 1.29 is 17.9 Å². The van der Waals surface area contributed by atoms with Crippen molar-refractivity contribution in [3.8, 4) is 5.75 Å². The highest BCUT2D eigenvalue weighted by molar-refractivity contribution is 14.1. The molecule has 0 spiro atoms. The van der Waals surface area contributed by atoms with Gasteiger partial charge < -0.3 is 9.64 Å². The SMILES string of the molecule is COc1cc(C(=O)N2CCN(Cc3ccc(C)cc3)CC2)ccc1N(I)S(=O)(=O)c1cccc2c1N=CCC2. The zero-order valence-electron chi connectivity index (χ0n) is 22.0. The van der Waals surface area contributed by atoms with E-state index in [0.29, 0.717) is 35.8 Å². The lowest BCUT2D eigenvalue weighted by atomic mass is 10.1. The Labute approximate surface area is 243 Å². The van der Waals surface area contributed by atoms with Gasteiger partial charge in [-0.25, -0.2) is 10.9 Å². The molecule has 2 heterocycles. The molecular formula is C29H31IN4O4S. The van der Waals surface area contributed by atoms with Crippen LogP contribution in [0.3, 0.4) is 0 Å². The topological polar surface area (TPSA) is 82.5 Å². The molecule has 1 amide bonds. The minimum atomic E-state index is -3.93. The summed E-state index contributed by atoms with van der Waals surface area (Å²) in [6, 6.07) is 18.7. The Morgan fingerprint density at radius 3 is 2.51 bits per heavy atom. The first-order valence-corrected chi connectivity index (χ1v) is 15.3. The third kappa shape index (κ3) is 5.82. The van der Waals surface area contributed by atoms with Crippen LogP contribution in [0.15, 0.2) is 70.6 Å². The summed E-state index contributed by atoms with van der Waals surface area (Å²) in [4.78, 5) is 22.1. The summed E-state index contributed by atoms with van der Waals surface area (Å²) in [6.07, 6.45) is 3.29. The van der Waals surface area contributed by atoms with Gasteiger partial charge in [-0.2, -0.15) is 0 Å². The van der Waals surface area contributed by atoms with Crippen molar-refractivity contribution in [2.45, 2.75) is 31.2 Å². The molecule has 0 bridgehead atoms. The van der Waals surface area contributed by atoms with Crippen LogP contribution in [0.2, 0.25) is 0 Å². The van der Waals surface area contributed by atoms with Gasteiger partial charge in [-0.05, 0) is 55.2 Å². The summed E-state index contributed by atoms with van der Waals surface area (Å²) in [6.45, 7) is 5.77. The van der Waals surface area contributed by atoms with Gasteiger partial charge in [0.2, 0.25) is 0 Å². The normalized spacial score (nSPS) is 15.6. The Hall–Kier alpha value is -2.96. The minimum absolute atomic E-state index is 0.0934. The average molecular weight is 659 g/mol. The van der Waals surface area contributed by atoms with Crippen molar-refractivity contribution in [1.29, 1.82) is 0 Å². The van der Waals surface area contributed by atoms with Gasteiger partial charge in [0.1, 0.15) is 16.3 Å². The van der Waals surface area contributed by atoms with Crippen LogP contribution in [-0.2, 0) is 23.0 Å². The molecule has 1 saturated heterocycles. The van der Waals surface area contributed by atoms with Crippen LogP contribution in [0, 0.1) is 6.92 Å². The van der Waals surface area contributed by atoms with Crippen LogP contribution >= 0.6 is 22.9 Å². The summed E-state index contributed by atoms with van der Waals surface area (Å²) >= 11 is 1.78. The minimum Gasteiger partial charge on any atom is -0.494 e. The van der Waals surface area contributed by atoms with Crippen LogP contribution in [-0.4, -0.2) is 63.6 Å². The van der Waals surface area contributed by atoms with Gasteiger partial charge >= 0.3 is 0 Å². The zero-order chi connectivity index (χ0) is 27.6. The second-order valence-electron chi connectivity index (χ2n) is 9.77. The molecule has 0 aliphatic carbocycles. The standard InChI is InChI=1S/C29H31IN4O4S/c1-21-8-10-22(11-9-21)20-32-15-17-33(18-16-32)29(35)24-12-13-25(26(19-24)38-2)34(30)39(36,37)27-7-3-5-23-6-4-14-31-28(23)27/h3,5,7-14,19H,4,6,15-18,20H2,1-2H3. The van der Waals surface area contributed by atoms with E-state index in [1.54, 1.807) is 59.4 Å². The third-order valence-corrected chi connectivity index (χ3v) is 10.7. The van der Waals surface area contributed by atoms with Crippen molar-refractivity contribution in [3.63, 3.8) is 0 Å². The van der Waals surface area contributed by atoms with Gasteiger partial charge in [-0.15, -0.1) is 0 Å². The van der Waals surface area contributed by atoms with Gasteiger partial charge in [0.05, 0.1) is 35.7 Å². The number of piperazine rings is 1. The summed E-state index contributed by atoms with van der Waals surface area (Å²) in [7, 11) is -2.45. The van der Waals surface area contributed by atoms with Gasteiger partial charge in [0, 0.05) is 44.5 Å². The Balaban J connectivity index is 1.30. The molecule has 2 aliphatic heterocycles. The molecule has 0 saturated carbocycles. The number of hydrogen-bond donors (Lipinski definition) is 0. The van der Waals surface area contributed by atoms with E-state index in [2.05, 4.69) is 41.1 Å². The number of halogens is 1. The third-order valence-electron chi connectivity index (χ3n) is 7.14. The number of fused-ring (bicyclic) bond motifs is 1. The second-order valence-corrected chi connectivity index (χ2v) is 13.1. The smallest absolute Gasteiger partial charge is 0.275 e. The Kier molecular flexibility index (Phi) is 8.24. The molecule has 0 atom stereocenters. The number of rotatable bonds is 7. The Morgan fingerprint density at radius 1 is 1.05 bits per heavy atom. The maximum absolute atomic E-state index is 13.6. The zero-order valence-corrected chi connectivity index (χ0v) is 25.0. The number of ether oxygens (including phenoxy) is 1. The Morgan fingerprint density at radius 2 is 1.79 bits per heavy atom. The molecule has 10 heteroatoms. The number of carbonyl (C=O) groups excluding carboxylic acids is 1. The highest BCUT2D eigenvalue weighted by Gasteiger charge is 2.30. The van der Waals surface area contributed by atoms with Crippen molar-refractivity contribution >= 4 is 56.4 Å². The first-order valence-electron chi connectivity index (χ1n) is 12.9. The van der Waals surface area contributed by atoms with Crippen LogP contribution in [0.25, 0.3) is 0 Å². The predicted octanol–water partition coefficient (Wildman–Crippen LogP) is 5.16. The van der Waals surface area contributed by atoms with E-state index in [0.717, 1.165) is 38.0 Å². The van der Waals surface area contributed by atoms with Crippen LogP contribution in [0.4, 0.5) is 11.4 Å². The fourth-order valence-electron chi connectivity index (χ4n) is 4.92. The first-order chi connectivity index (χ1) is 18.8. The molecule has 3 aromatic rings.